The van der Waals surface area contributed by atoms with E-state index in [9.17, 15) is 5.11 Å². The van der Waals surface area contributed by atoms with Crippen molar-refractivity contribution in [2.24, 2.45) is 0 Å². The van der Waals surface area contributed by atoms with Gasteiger partial charge in [0.15, 0.2) is 0 Å². The Balaban J connectivity index is 1.90. The molecule has 0 bridgehead atoms. The topological polar surface area (TPSA) is 47.9 Å². The average molecular weight is 441 g/mol. The summed E-state index contributed by atoms with van der Waals surface area (Å²) in [5.74, 6) is 0.984. The predicted octanol–water partition coefficient (Wildman–Crippen LogP) is 7.40. The van der Waals surface area contributed by atoms with Gasteiger partial charge in [-0.2, -0.15) is 0 Å². The summed E-state index contributed by atoms with van der Waals surface area (Å²) in [5, 5.41) is 11.4. The van der Waals surface area contributed by atoms with Gasteiger partial charge in [-0.15, -0.1) is 0 Å². The Kier molecular flexibility index (Phi) is 9.20. The molecule has 0 heterocycles. The van der Waals surface area contributed by atoms with Crippen LogP contribution in [0.25, 0.3) is 0 Å². The number of aliphatic hydroxyl groups excluding tert-OH is 1. The molecule has 31 heavy (non-hydrogen) atoms. The van der Waals surface area contributed by atoms with E-state index in [-0.39, 0.29) is 0 Å². The van der Waals surface area contributed by atoms with Crippen molar-refractivity contribution in [2.75, 3.05) is 0 Å². The Morgan fingerprint density at radius 1 is 0.613 bits per heavy atom. The molecule has 0 aliphatic heterocycles. The van der Waals surface area contributed by atoms with E-state index in [0.29, 0.717) is 23.7 Å². The molecular weight excluding hydrogens is 407 g/mol. The maximum absolute atomic E-state index is 11.4. The van der Waals surface area contributed by atoms with Crippen molar-refractivity contribution < 1.29 is 18.7 Å². The summed E-state index contributed by atoms with van der Waals surface area (Å²) in [4.78, 5) is 0. The van der Waals surface area contributed by atoms with Crippen LogP contribution in [0.5, 0.6) is 17.2 Å². The van der Waals surface area contributed by atoms with Crippen molar-refractivity contribution >= 4 is 7.94 Å². The SMILES string of the molecule is CCCCCCCC(O)[PH](Oc1ccccc1)(Oc1ccccc1)Oc1ccccc1. The number of benzene rings is 3. The van der Waals surface area contributed by atoms with Gasteiger partial charge in [-0.05, 0) is 0 Å². The number of hydrogen-bond donors (Lipinski definition) is 1. The van der Waals surface area contributed by atoms with Crippen LogP contribution in [0, 0.1) is 0 Å². The van der Waals surface area contributed by atoms with Gasteiger partial charge in [-0.3, -0.25) is 0 Å². The van der Waals surface area contributed by atoms with Crippen molar-refractivity contribution in [1.82, 2.24) is 0 Å². The second-order valence-electron chi connectivity index (χ2n) is 7.57. The van der Waals surface area contributed by atoms with E-state index >= 15 is 0 Å². The molecule has 3 aromatic carbocycles. The molecule has 3 rings (SSSR count). The molecule has 1 atom stereocenters. The third-order valence-electron chi connectivity index (χ3n) is 5.00. The monoisotopic (exact) mass is 440 g/mol. The summed E-state index contributed by atoms with van der Waals surface area (Å²) in [7, 11) is -3.63. The summed E-state index contributed by atoms with van der Waals surface area (Å²) >= 11 is 0. The number of aliphatic hydroxyl groups is 1. The predicted molar refractivity (Wildman–Crippen MR) is 129 cm³/mol. The van der Waals surface area contributed by atoms with E-state index in [0.717, 1.165) is 19.3 Å². The molecule has 0 aromatic heterocycles. The number of hydrogen-bond acceptors (Lipinski definition) is 4. The molecule has 0 aliphatic carbocycles. The van der Waals surface area contributed by atoms with Crippen LogP contribution in [0.3, 0.4) is 0 Å². The van der Waals surface area contributed by atoms with Crippen molar-refractivity contribution in [3.8, 4) is 17.2 Å². The van der Waals surface area contributed by atoms with Crippen LogP contribution < -0.4 is 13.6 Å². The zero-order chi connectivity index (χ0) is 21.8. The van der Waals surface area contributed by atoms with Gasteiger partial charge < -0.3 is 0 Å². The molecule has 0 spiro atoms. The van der Waals surface area contributed by atoms with Crippen LogP contribution in [0.2, 0.25) is 0 Å². The van der Waals surface area contributed by atoms with Gasteiger partial charge in [-0.25, -0.2) is 0 Å². The van der Waals surface area contributed by atoms with Crippen molar-refractivity contribution in [2.45, 2.75) is 51.3 Å². The van der Waals surface area contributed by atoms with Gasteiger partial charge in [0.1, 0.15) is 0 Å². The molecule has 4 nitrogen and oxygen atoms in total. The molecule has 0 saturated heterocycles. The van der Waals surface area contributed by atoms with E-state index in [1.165, 1.54) is 12.8 Å². The molecule has 0 fully saturated rings. The van der Waals surface area contributed by atoms with E-state index in [1.807, 2.05) is 91.0 Å². The number of unbranched alkanes of at least 4 members (excludes halogenated alkanes) is 4. The Morgan fingerprint density at radius 3 is 1.39 bits per heavy atom. The first kappa shape index (κ1) is 23.1. The van der Waals surface area contributed by atoms with E-state index in [2.05, 4.69) is 6.92 Å². The Labute approximate surface area is 186 Å². The molecule has 0 saturated carbocycles. The first-order chi connectivity index (χ1) is 15.2. The van der Waals surface area contributed by atoms with Crippen LogP contribution >= 0.6 is 7.94 Å². The molecule has 1 unspecified atom stereocenters. The van der Waals surface area contributed by atoms with Gasteiger partial charge in [0, 0.05) is 0 Å². The van der Waals surface area contributed by atoms with Crippen LogP contribution in [0.15, 0.2) is 91.0 Å². The summed E-state index contributed by atoms with van der Waals surface area (Å²) in [6.07, 6.45) is 6.08. The van der Waals surface area contributed by atoms with Gasteiger partial charge >= 0.3 is 186 Å². The molecule has 0 radical (unpaired) electrons. The van der Waals surface area contributed by atoms with Crippen molar-refractivity contribution in [3.63, 3.8) is 0 Å². The van der Waals surface area contributed by atoms with Crippen LogP contribution in [0.4, 0.5) is 0 Å². The Hall–Kier alpha value is -2.55. The molecule has 5 heteroatoms. The third kappa shape index (κ3) is 7.27. The zero-order valence-electron chi connectivity index (χ0n) is 18.2. The minimum atomic E-state index is -3.63. The molecule has 0 aliphatic rings. The average Bonchev–Trinajstić information content (AvgIpc) is 2.81. The Bertz CT molecular complexity index is 757. The van der Waals surface area contributed by atoms with Crippen LogP contribution in [-0.2, 0) is 0 Å². The summed E-state index contributed by atoms with van der Waals surface area (Å²) < 4.78 is 19.2. The summed E-state index contributed by atoms with van der Waals surface area (Å²) in [5.41, 5.74) is 0. The second kappa shape index (κ2) is 12.3. The number of para-hydroxylation sites is 3. The van der Waals surface area contributed by atoms with Gasteiger partial charge in [0.05, 0.1) is 0 Å². The summed E-state index contributed by atoms with van der Waals surface area (Å²) in [6, 6.07) is 28.3. The summed E-state index contributed by atoms with van der Waals surface area (Å²) in [6.45, 7) is 2.20. The molecule has 1 N–H and O–H groups in total. The van der Waals surface area contributed by atoms with Crippen LogP contribution in [0.1, 0.15) is 45.4 Å². The Morgan fingerprint density at radius 2 is 1.00 bits per heavy atom. The quantitative estimate of drug-likeness (QED) is 0.222. The minimum absolute atomic E-state index is 0.558. The fraction of sp³-hybridized carbons (Fsp3) is 0.308. The fourth-order valence-corrected chi connectivity index (χ4v) is 5.83. The third-order valence-corrected chi connectivity index (χ3v) is 7.66. The number of rotatable bonds is 13. The standard InChI is InChI=1S/C26H33O4P/c1-2-3-4-5-15-22-26(27)31(28-23-16-9-6-10-17-23,29-24-18-11-7-12-19-24)30-25-20-13-8-14-21-25/h6-14,16-21,26-27,31H,2-5,15,22H2,1H3. The second-order valence-corrected chi connectivity index (χ2v) is 10.1. The van der Waals surface area contributed by atoms with Gasteiger partial charge in [0.2, 0.25) is 0 Å². The molecule has 0 amide bonds. The van der Waals surface area contributed by atoms with E-state index < -0.39 is 13.8 Å². The fourth-order valence-electron chi connectivity index (χ4n) is 3.34. The van der Waals surface area contributed by atoms with Crippen molar-refractivity contribution in [1.29, 1.82) is 0 Å². The zero-order valence-corrected chi connectivity index (χ0v) is 19.2. The maximum atomic E-state index is 11.4. The normalized spacial score (nSPS) is 12.7. The first-order valence-electron chi connectivity index (χ1n) is 11.1. The van der Waals surface area contributed by atoms with Gasteiger partial charge in [-0.1, -0.05) is 0 Å². The van der Waals surface area contributed by atoms with Crippen LogP contribution in [-0.4, -0.2) is 11.0 Å². The van der Waals surface area contributed by atoms with Gasteiger partial charge in [0.25, 0.3) is 0 Å². The van der Waals surface area contributed by atoms with E-state index in [1.54, 1.807) is 0 Å². The molecule has 166 valence electrons. The van der Waals surface area contributed by atoms with Crippen molar-refractivity contribution in [3.05, 3.63) is 91.0 Å². The molecular formula is C26H33O4P. The van der Waals surface area contributed by atoms with E-state index in [4.69, 9.17) is 13.6 Å². The first-order valence-corrected chi connectivity index (χ1v) is 12.9. The molecule has 3 aromatic rings.